The third kappa shape index (κ3) is 8.81. The predicted molar refractivity (Wildman–Crippen MR) is 252 cm³/mol. The van der Waals surface area contributed by atoms with Crippen molar-refractivity contribution in [1.29, 1.82) is 0 Å². The number of nitrogens with zero attached hydrogens (tertiary/aromatic N) is 4. The highest BCUT2D eigenvalue weighted by Crippen LogP contribution is 2.54. The van der Waals surface area contributed by atoms with Gasteiger partial charge in [0.15, 0.2) is 11.4 Å². The highest BCUT2D eigenvalue weighted by Gasteiger charge is 2.50. The molecule has 10 rings (SSSR count). The first-order chi connectivity index (χ1) is 32.3. The lowest BCUT2D eigenvalue weighted by molar-refractivity contribution is -0.384. The van der Waals surface area contributed by atoms with E-state index in [1.807, 2.05) is 0 Å². The summed E-state index contributed by atoms with van der Waals surface area (Å²) < 4.78 is 62.5. The van der Waals surface area contributed by atoms with Crippen molar-refractivity contribution >= 4 is 44.0 Å². The molecule has 15 nitrogen and oxygen atoms in total. The standard InChI is InChI=1S/C50H58FN7O8S/c1-30(2)37-7-4-5-8-38(37)43-9-6-18-57(43)33-25-50(26-33)16-19-56(20-17-50)32-12-15-39(45(21-32)66-35-22-40-41(51)28-53-48(40)52-27-35)49(59)55-67(62,63)36-23-44(58(60)61)47-46(24-36)65-29-42(54-47)31-10-13-34(64-3)14-11-31/h4-5,7-8,12,15,21-24,27-28,30-31,33-34,42-43,54H,6,9-11,13-14,16-20,25-26,29H2,1-3H3,(H,52,53)(H,55,59)/t31-,34-,42-,43-/m0/s1. The Labute approximate surface area is 390 Å². The normalized spacial score (nSPS) is 23.1. The molecule has 5 aromatic rings. The fourth-order valence-corrected chi connectivity index (χ4v) is 12.6. The number of aromatic nitrogens is 2. The number of carbonyl (C=O) groups is 1. The summed E-state index contributed by atoms with van der Waals surface area (Å²) in [4.78, 5) is 37.4. The number of hydrogen-bond donors (Lipinski definition) is 3. The van der Waals surface area contributed by atoms with Gasteiger partial charge in [-0.2, -0.15) is 0 Å². The largest absolute Gasteiger partial charge is 0.489 e. The van der Waals surface area contributed by atoms with Crippen LogP contribution in [0.15, 0.2) is 78.0 Å². The molecule has 3 aromatic carbocycles. The van der Waals surface area contributed by atoms with Crippen LogP contribution in [0.3, 0.4) is 0 Å². The molecule has 2 saturated carbocycles. The summed E-state index contributed by atoms with van der Waals surface area (Å²) in [6, 6.07) is 18.3. The number of benzene rings is 3. The number of fused-ring (bicyclic) bond motifs is 2. The van der Waals surface area contributed by atoms with Crippen LogP contribution in [0.5, 0.6) is 17.2 Å². The number of nitrogens with one attached hydrogen (secondary N) is 3. The Morgan fingerprint density at radius 3 is 2.55 bits per heavy atom. The Balaban J connectivity index is 0.861. The van der Waals surface area contributed by atoms with Crippen molar-refractivity contribution in [3.05, 3.63) is 106 Å². The third-order valence-corrected chi connectivity index (χ3v) is 16.6. The van der Waals surface area contributed by atoms with Crippen molar-refractivity contribution in [2.45, 2.75) is 113 Å². The molecule has 0 radical (unpaired) electrons. The van der Waals surface area contributed by atoms with Crippen molar-refractivity contribution in [3.8, 4) is 17.2 Å². The van der Waals surface area contributed by atoms with E-state index in [4.69, 9.17) is 14.2 Å². The number of ether oxygens (including phenoxy) is 3. The second-order valence-electron chi connectivity index (χ2n) is 19.6. The second kappa shape index (κ2) is 18.0. The van der Waals surface area contributed by atoms with E-state index in [9.17, 15) is 27.7 Å². The van der Waals surface area contributed by atoms with Crippen LogP contribution in [0.1, 0.15) is 112 Å². The summed E-state index contributed by atoms with van der Waals surface area (Å²) in [6.07, 6.45) is 13.0. The molecule has 1 spiro atoms. The molecule has 0 bridgehead atoms. The number of rotatable bonds is 12. The number of H-pyrrole nitrogens is 1. The molecule has 67 heavy (non-hydrogen) atoms. The molecule has 17 heteroatoms. The highest BCUT2D eigenvalue weighted by atomic mass is 32.2. The average molecular weight is 936 g/mol. The smallest absolute Gasteiger partial charge is 0.297 e. The predicted octanol–water partition coefficient (Wildman–Crippen LogP) is 9.61. The second-order valence-corrected chi connectivity index (χ2v) is 21.2. The summed E-state index contributed by atoms with van der Waals surface area (Å²) in [5, 5.41) is 15.8. The number of likely N-dealkylation sites (tertiary alicyclic amines) is 1. The van der Waals surface area contributed by atoms with Crippen LogP contribution in [-0.2, 0) is 14.8 Å². The lowest BCUT2D eigenvalue weighted by Gasteiger charge is -2.56. The molecule has 5 aliphatic rings. The molecule has 0 unspecified atom stereocenters. The van der Waals surface area contributed by atoms with Gasteiger partial charge in [0, 0.05) is 62.4 Å². The number of nitro groups is 1. The van der Waals surface area contributed by atoms with Crippen molar-refractivity contribution < 1.29 is 36.7 Å². The molecule has 1 amide bonds. The number of halogens is 1. The zero-order chi connectivity index (χ0) is 46.6. The highest BCUT2D eigenvalue weighted by molar-refractivity contribution is 7.90. The minimum atomic E-state index is -4.69. The number of hydrogen-bond acceptors (Lipinski definition) is 12. The molecule has 4 fully saturated rings. The van der Waals surface area contributed by atoms with Crippen LogP contribution in [0.2, 0.25) is 0 Å². The molecule has 2 atom stereocenters. The fourth-order valence-electron chi connectivity index (χ4n) is 11.6. The zero-order valence-electron chi connectivity index (χ0n) is 38.1. The Hall–Kier alpha value is -5.78. The Bertz CT molecular complexity index is 2800. The van der Waals surface area contributed by atoms with Crippen molar-refractivity contribution in [1.82, 2.24) is 19.6 Å². The quantitative estimate of drug-likeness (QED) is 0.0797. The lowest BCUT2D eigenvalue weighted by Crippen LogP contribution is -2.54. The summed E-state index contributed by atoms with van der Waals surface area (Å²) in [7, 11) is -3.00. The Morgan fingerprint density at radius 2 is 1.81 bits per heavy atom. The van der Waals surface area contributed by atoms with Crippen molar-refractivity contribution in [2.75, 3.05) is 43.6 Å². The van der Waals surface area contributed by atoms with Gasteiger partial charge in [-0.25, -0.2) is 22.5 Å². The van der Waals surface area contributed by atoms with Gasteiger partial charge in [-0.15, -0.1) is 0 Å². The van der Waals surface area contributed by atoms with Gasteiger partial charge in [0.05, 0.1) is 39.1 Å². The molecular weight excluding hydrogens is 878 g/mol. The molecule has 5 heterocycles. The van der Waals surface area contributed by atoms with Gasteiger partial charge in [0.25, 0.3) is 21.6 Å². The number of carbonyl (C=O) groups excluding carboxylic acids is 1. The van der Waals surface area contributed by atoms with Gasteiger partial charge in [-0.3, -0.25) is 19.8 Å². The van der Waals surface area contributed by atoms with Crippen LogP contribution < -0.4 is 24.4 Å². The topological polar surface area (TPSA) is 181 Å². The summed E-state index contributed by atoms with van der Waals surface area (Å²) in [5.41, 5.74) is 3.78. The van der Waals surface area contributed by atoms with Gasteiger partial charge in [0.2, 0.25) is 0 Å². The van der Waals surface area contributed by atoms with E-state index in [1.165, 1.54) is 67.4 Å². The maximum atomic E-state index is 14.7. The number of nitro benzene ring substituents is 1. The molecule has 2 aliphatic carbocycles. The first-order valence-corrected chi connectivity index (χ1v) is 25.1. The average Bonchev–Trinajstić information content (AvgIpc) is 3.96. The van der Waals surface area contributed by atoms with E-state index in [0.717, 1.165) is 69.9 Å². The van der Waals surface area contributed by atoms with Crippen LogP contribution >= 0.6 is 0 Å². The van der Waals surface area contributed by atoms with Gasteiger partial charge >= 0.3 is 0 Å². The van der Waals surface area contributed by atoms with E-state index in [0.29, 0.717) is 23.6 Å². The van der Waals surface area contributed by atoms with Crippen LogP contribution in [0.4, 0.5) is 21.5 Å². The van der Waals surface area contributed by atoms with Crippen LogP contribution in [-0.4, -0.2) is 85.7 Å². The van der Waals surface area contributed by atoms with E-state index in [1.54, 1.807) is 19.2 Å². The maximum absolute atomic E-state index is 14.7. The van der Waals surface area contributed by atoms with E-state index < -0.39 is 37.3 Å². The summed E-state index contributed by atoms with van der Waals surface area (Å²) >= 11 is 0. The SMILES string of the molecule is CO[C@H]1CC[C@H]([C@@H]2COc3cc(S(=O)(=O)NC(=O)c4ccc(N5CCC6(CC5)CC(N5CCC[C@H]5c5ccccc5C(C)C)C6)cc4Oc4cnc5[nH]cc(F)c5c4)cc([N+](=O)[O-])c3N2)CC1. The van der Waals surface area contributed by atoms with Crippen molar-refractivity contribution in [2.24, 2.45) is 11.3 Å². The van der Waals surface area contributed by atoms with E-state index >= 15 is 0 Å². The Morgan fingerprint density at radius 1 is 1.03 bits per heavy atom. The molecule has 3 aliphatic heterocycles. The first-order valence-electron chi connectivity index (χ1n) is 23.6. The number of piperidine rings is 1. The minimum absolute atomic E-state index is 0.00509. The monoisotopic (exact) mass is 935 g/mol. The lowest BCUT2D eigenvalue weighted by atomic mass is 9.59. The number of pyridine rings is 1. The van der Waals surface area contributed by atoms with Gasteiger partial charge < -0.3 is 29.4 Å². The first kappa shape index (κ1) is 45.0. The maximum Gasteiger partial charge on any atom is 0.297 e. The van der Waals surface area contributed by atoms with Gasteiger partial charge in [-0.05, 0) is 117 Å². The summed E-state index contributed by atoms with van der Waals surface area (Å²) in [5.74, 6) is -0.717. The number of aromatic amines is 1. The zero-order valence-corrected chi connectivity index (χ0v) is 38.9. The third-order valence-electron chi connectivity index (χ3n) is 15.3. The van der Waals surface area contributed by atoms with Crippen molar-refractivity contribution in [3.63, 3.8) is 0 Å². The number of sulfonamides is 1. The number of anilines is 2. The minimum Gasteiger partial charge on any atom is -0.489 e. The number of amides is 1. The Kier molecular flexibility index (Phi) is 12.1. The summed E-state index contributed by atoms with van der Waals surface area (Å²) in [6.45, 7) is 7.45. The van der Waals surface area contributed by atoms with Crippen LogP contribution in [0.25, 0.3) is 11.0 Å². The van der Waals surface area contributed by atoms with E-state index in [2.05, 4.69) is 67.9 Å². The molecule has 2 aromatic heterocycles. The van der Waals surface area contributed by atoms with Gasteiger partial charge in [-0.1, -0.05) is 38.1 Å². The van der Waals surface area contributed by atoms with Crippen LogP contribution in [0, 0.1) is 27.3 Å². The molecule has 354 valence electrons. The molecule has 3 N–H and O–H groups in total. The number of methoxy groups -OCH3 is 1. The fraction of sp³-hybridized carbons (Fsp3) is 0.480. The van der Waals surface area contributed by atoms with Gasteiger partial charge in [0.1, 0.15) is 29.6 Å². The molecular formula is C50H58FN7O8S. The van der Waals surface area contributed by atoms with E-state index in [-0.39, 0.29) is 64.0 Å². The molecule has 2 saturated heterocycles.